The minimum Gasteiger partial charge on any atom is -0.376 e. The molecule has 0 saturated carbocycles. The SMILES string of the molecule is CCCCNC(=O)Nc1ccc(N2CCC(Cc3ccccc3)CC2)c(C(=O)NC[C@H]2CCCO2)c1. The summed E-state index contributed by atoms with van der Waals surface area (Å²) in [6, 6.07) is 16.1. The second-order valence-corrected chi connectivity index (χ2v) is 9.93. The Morgan fingerprint density at radius 1 is 1.03 bits per heavy atom. The van der Waals surface area contributed by atoms with Crippen LogP contribution < -0.4 is 20.9 Å². The van der Waals surface area contributed by atoms with Crippen molar-refractivity contribution in [3.05, 3.63) is 59.7 Å². The van der Waals surface area contributed by atoms with Crippen molar-refractivity contribution < 1.29 is 14.3 Å². The monoisotopic (exact) mass is 492 g/mol. The molecule has 0 spiro atoms. The summed E-state index contributed by atoms with van der Waals surface area (Å²) in [5.74, 6) is 0.523. The van der Waals surface area contributed by atoms with Crippen LogP contribution in [0.4, 0.5) is 16.2 Å². The molecule has 194 valence electrons. The van der Waals surface area contributed by atoms with Gasteiger partial charge in [0.1, 0.15) is 0 Å². The molecule has 2 aromatic carbocycles. The van der Waals surface area contributed by atoms with Crippen molar-refractivity contribution in [3.63, 3.8) is 0 Å². The van der Waals surface area contributed by atoms with Gasteiger partial charge in [-0.1, -0.05) is 43.7 Å². The molecule has 2 aromatic rings. The van der Waals surface area contributed by atoms with Crippen LogP contribution in [0.5, 0.6) is 0 Å². The number of carbonyl (C=O) groups is 2. The summed E-state index contributed by atoms with van der Waals surface area (Å²) in [6.45, 7) is 5.81. The number of amides is 3. The molecule has 2 saturated heterocycles. The highest BCUT2D eigenvalue weighted by molar-refractivity contribution is 6.02. The number of rotatable bonds is 10. The first-order valence-corrected chi connectivity index (χ1v) is 13.5. The summed E-state index contributed by atoms with van der Waals surface area (Å²) < 4.78 is 5.68. The number of anilines is 2. The van der Waals surface area contributed by atoms with Gasteiger partial charge in [0.2, 0.25) is 0 Å². The molecule has 1 atom stereocenters. The zero-order valence-corrected chi connectivity index (χ0v) is 21.4. The van der Waals surface area contributed by atoms with Crippen LogP contribution in [0.1, 0.15) is 61.4 Å². The van der Waals surface area contributed by atoms with Crippen molar-refractivity contribution in [1.29, 1.82) is 0 Å². The van der Waals surface area contributed by atoms with Gasteiger partial charge in [-0.05, 0) is 68.2 Å². The van der Waals surface area contributed by atoms with Crippen LogP contribution in [0, 0.1) is 5.92 Å². The second-order valence-electron chi connectivity index (χ2n) is 9.93. The molecule has 7 heteroatoms. The number of hydrogen-bond acceptors (Lipinski definition) is 4. The van der Waals surface area contributed by atoms with E-state index in [1.54, 1.807) is 6.07 Å². The number of nitrogens with one attached hydrogen (secondary N) is 3. The summed E-state index contributed by atoms with van der Waals surface area (Å²) >= 11 is 0. The fourth-order valence-corrected chi connectivity index (χ4v) is 5.06. The smallest absolute Gasteiger partial charge is 0.319 e. The molecule has 2 fully saturated rings. The lowest BCUT2D eigenvalue weighted by Crippen LogP contribution is -2.37. The van der Waals surface area contributed by atoms with E-state index in [4.69, 9.17) is 4.74 Å². The molecule has 36 heavy (non-hydrogen) atoms. The maximum absolute atomic E-state index is 13.3. The van der Waals surface area contributed by atoms with Crippen LogP contribution in [-0.2, 0) is 11.2 Å². The van der Waals surface area contributed by atoms with Crippen LogP contribution in [0.2, 0.25) is 0 Å². The topological polar surface area (TPSA) is 82.7 Å². The molecule has 0 bridgehead atoms. The quantitative estimate of drug-likeness (QED) is 0.409. The lowest BCUT2D eigenvalue weighted by molar-refractivity contribution is 0.0858. The van der Waals surface area contributed by atoms with Crippen LogP contribution in [0.25, 0.3) is 0 Å². The molecular weight excluding hydrogens is 452 g/mol. The van der Waals surface area contributed by atoms with Crippen molar-refractivity contribution in [2.75, 3.05) is 43.0 Å². The number of benzene rings is 2. The van der Waals surface area contributed by atoms with Crippen LogP contribution in [0.15, 0.2) is 48.5 Å². The molecule has 3 N–H and O–H groups in total. The first kappa shape index (κ1) is 26.0. The Morgan fingerprint density at radius 2 is 1.83 bits per heavy atom. The van der Waals surface area contributed by atoms with E-state index in [2.05, 4.69) is 58.1 Å². The Labute approximate surface area is 215 Å². The fraction of sp³-hybridized carbons (Fsp3) is 0.517. The van der Waals surface area contributed by atoms with Crippen molar-refractivity contribution in [1.82, 2.24) is 10.6 Å². The van der Waals surface area contributed by atoms with Gasteiger partial charge in [0.15, 0.2) is 0 Å². The molecule has 4 rings (SSSR count). The first-order chi connectivity index (χ1) is 17.6. The Morgan fingerprint density at radius 3 is 2.56 bits per heavy atom. The van der Waals surface area contributed by atoms with E-state index in [0.29, 0.717) is 30.3 Å². The Hall–Kier alpha value is -3.06. The molecule has 0 unspecified atom stereocenters. The zero-order chi connectivity index (χ0) is 25.2. The van der Waals surface area contributed by atoms with Gasteiger partial charge in [-0.15, -0.1) is 0 Å². The van der Waals surface area contributed by atoms with Crippen molar-refractivity contribution in [2.45, 2.75) is 58.0 Å². The van der Waals surface area contributed by atoms with Gasteiger partial charge in [0, 0.05) is 44.2 Å². The highest BCUT2D eigenvalue weighted by Gasteiger charge is 2.25. The fourth-order valence-electron chi connectivity index (χ4n) is 5.06. The van der Waals surface area contributed by atoms with Gasteiger partial charge in [0.05, 0.1) is 11.7 Å². The number of carbonyl (C=O) groups excluding carboxylic acids is 2. The van der Waals surface area contributed by atoms with Crippen molar-refractivity contribution >= 4 is 23.3 Å². The zero-order valence-electron chi connectivity index (χ0n) is 21.4. The van der Waals surface area contributed by atoms with Crippen LogP contribution in [0.3, 0.4) is 0 Å². The molecule has 2 aliphatic heterocycles. The number of nitrogens with zero attached hydrogens (tertiary/aromatic N) is 1. The lowest BCUT2D eigenvalue weighted by Gasteiger charge is -2.35. The highest BCUT2D eigenvalue weighted by Crippen LogP contribution is 2.30. The molecule has 0 aliphatic carbocycles. The number of ether oxygens (including phenoxy) is 1. The minimum atomic E-state index is -0.247. The number of piperidine rings is 1. The summed E-state index contributed by atoms with van der Waals surface area (Å²) in [5.41, 5.74) is 3.53. The highest BCUT2D eigenvalue weighted by atomic mass is 16.5. The third-order valence-electron chi connectivity index (χ3n) is 7.15. The molecule has 7 nitrogen and oxygen atoms in total. The Bertz CT molecular complexity index is 983. The molecular formula is C29H40N4O3. The van der Waals surface area contributed by atoms with E-state index in [-0.39, 0.29) is 18.0 Å². The third-order valence-corrected chi connectivity index (χ3v) is 7.15. The molecule has 2 aliphatic rings. The summed E-state index contributed by atoms with van der Waals surface area (Å²) in [6.07, 6.45) is 7.32. The van der Waals surface area contributed by atoms with Gasteiger partial charge in [-0.2, -0.15) is 0 Å². The van der Waals surface area contributed by atoms with E-state index in [9.17, 15) is 9.59 Å². The molecule has 3 amide bonds. The lowest BCUT2D eigenvalue weighted by atomic mass is 9.89. The predicted molar refractivity (Wildman–Crippen MR) is 145 cm³/mol. The van der Waals surface area contributed by atoms with Gasteiger partial charge in [0.25, 0.3) is 5.91 Å². The first-order valence-electron chi connectivity index (χ1n) is 13.5. The summed E-state index contributed by atoms with van der Waals surface area (Å²) in [7, 11) is 0. The van der Waals surface area contributed by atoms with E-state index in [0.717, 1.165) is 70.3 Å². The predicted octanol–water partition coefficient (Wildman–Crippen LogP) is 4.98. The maximum Gasteiger partial charge on any atom is 0.319 e. The molecule has 0 radical (unpaired) electrons. The van der Waals surface area contributed by atoms with Gasteiger partial charge < -0.3 is 25.6 Å². The summed E-state index contributed by atoms with van der Waals surface area (Å²) in [5, 5.41) is 8.82. The standard InChI is InChI=1S/C29H40N4O3/c1-2-3-15-30-29(35)32-24-11-12-27(26(20-24)28(34)31-21-25-10-7-18-36-25)33-16-13-23(14-17-33)19-22-8-5-4-6-9-22/h4-6,8-9,11-12,20,23,25H,2-3,7,10,13-19,21H2,1H3,(H,31,34)(H2,30,32,35)/t25-/m1/s1. The summed E-state index contributed by atoms with van der Waals surface area (Å²) in [4.78, 5) is 27.9. The van der Waals surface area contributed by atoms with E-state index < -0.39 is 0 Å². The average Bonchev–Trinajstić information content (AvgIpc) is 3.42. The minimum absolute atomic E-state index is 0.0804. The van der Waals surface area contributed by atoms with Gasteiger partial charge in [-0.3, -0.25) is 4.79 Å². The van der Waals surface area contributed by atoms with E-state index in [1.807, 2.05) is 12.1 Å². The maximum atomic E-state index is 13.3. The normalized spacial score (nSPS) is 18.1. The second kappa shape index (κ2) is 13.3. The largest absolute Gasteiger partial charge is 0.376 e. The third kappa shape index (κ3) is 7.47. The average molecular weight is 493 g/mol. The van der Waals surface area contributed by atoms with Gasteiger partial charge in [-0.25, -0.2) is 4.79 Å². The van der Waals surface area contributed by atoms with Gasteiger partial charge >= 0.3 is 6.03 Å². The van der Waals surface area contributed by atoms with Crippen molar-refractivity contribution in [2.24, 2.45) is 5.92 Å². The van der Waals surface area contributed by atoms with E-state index in [1.165, 1.54) is 5.56 Å². The van der Waals surface area contributed by atoms with E-state index >= 15 is 0 Å². The van der Waals surface area contributed by atoms with Crippen molar-refractivity contribution in [3.8, 4) is 0 Å². The molecule has 2 heterocycles. The molecule has 0 aromatic heterocycles. The number of unbranched alkanes of at least 4 members (excludes halogenated alkanes) is 1. The number of urea groups is 1. The Balaban J connectivity index is 1.43. The number of hydrogen-bond donors (Lipinski definition) is 3. The van der Waals surface area contributed by atoms with Crippen LogP contribution >= 0.6 is 0 Å². The Kier molecular flexibility index (Phi) is 9.61. The van der Waals surface area contributed by atoms with Crippen LogP contribution in [-0.4, -0.2) is 50.8 Å².